The molecule has 2 aromatic heterocycles. The van der Waals surface area contributed by atoms with Gasteiger partial charge < -0.3 is 9.67 Å². The van der Waals surface area contributed by atoms with Crippen LogP contribution in [-0.4, -0.2) is 33.8 Å². The van der Waals surface area contributed by atoms with E-state index in [0.717, 1.165) is 16.5 Å². The van der Waals surface area contributed by atoms with Crippen LogP contribution in [0.4, 0.5) is 4.39 Å². The molecule has 3 rings (SSSR count). The fraction of sp³-hybridized carbons (Fsp3) is 0.333. The van der Waals surface area contributed by atoms with Gasteiger partial charge in [-0.1, -0.05) is 26.0 Å². The van der Waals surface area contributed by atoms with Gasteiger partial charge in [-0.2, -0.15) is 0 Å². The molecule has 0 saturated heterocycles. The van der Waals surface area contributed by atoms with E-state index in [-0.39, 0.29) is 25.6 Å². The number of fused-ring (bicyclic) bond motifs is 1. The van der Waals surface area contributed by atoms with Crippen LogP contribution in [0.25, 0.3) is 10.9 Å². The van der Waals surface area contributed by atoms with Crippen molar-refractivity contribution in [1.82, 2.24) is 15.0 Å². The first kappa shape index (κ1) is 21.5. The van der Waals surface area contributed by atoms with Crippen molar-refractivity contribution in [3.63, 3.8) is 0 Å². The minimum Gasteiger partial charge on any atom is -0.396 e. The molecule has 3 aromatic rings. The Bertz CT molecular complexity index is 924. The number of benzene rings is 1. The molecule has 0 radical (unpaired) electrons. The summed E-state index contributed by atoms with van der Waals surface area (Å²) in [6.45, 7) is 6.20. The summed E-state index contributed by atoms with van der Waals surface area (Å²) in [6, 6.07) is 8.53. The maximum absolute atomic E-state index is 14.3. The van der Waals surface area contributed by atoms with Gasteiger partial charge in [0.2, 0.25) is 0 Å². The fourth-order valence-electron chi connectivity index (χ4n) is 2.71. The van der Waals surface area contributed by atoms with Gasteiger partial charge in [0.15, 0.2) is 0 Å². The number of nitrogens with one attached hydrogen (secondary N) is 1. The van der Waals surface area contributed by atoms with Crippen LogP contribution in [-0.2, 0) is 11.4 Å². The van der Waals surface area contributed by atoms with E-state index in [4.69, 9.17) is 9.94 Å². The van der Waals surface area contributed by atoms with Gasteiger partial charge in [0.1, 0.15) is 11.5 Å². The zero-order valence-corrected chi connectivity index (χ0v) is 16.4. The van der Waals surface area contributed by atoms with Crippen LogP contribution < -0.4 is 5.48 Å². The van der Waals surface area contributed by atoms with E-state index in [0.29, 0.717) is 17.7 Å². The number of aromatic nitrogens is 2. The molecule has 2 heterocycles. The van der Waals surface area contributed by atoms with Crippen molar-refractivity contribution in [2.75, 3.05) is 13.2 Å². The van der Waals surface area contributed by atoms with Crippen molar-refractivity contribution in [3.8, 4) is 0 Å². The van der Waals surface area contributed by atoms with Crippen molar-refractivity contribution in [3.05, 3.63) is 65.4 Å². The average Bonchev–Trinajstić information content (AvgIpc) is 3.07. The highest BCUT2D eigenvalue weighted by atomic mass is 19.1. The average molecular weight is 387 g/mol. The second kappa shape index (κ2) is 10.5. The summed E-state index contributed by atoms with van der Waals surface area (Å²) < 4.78 is 16.0. The maximum atomic E-state index is 14.3. The number of hydrogen-bond acceptors (Lipinski definition) is 4. The normalized spacial score (nSPS) is 10.5. The maximum Gasteiger partial charge on any atom is 0.291 e. The Morgan fingerprint density at radius 1 is 1.29 bits per heavy atom. The van der Waals surface area contributed by atoms with E-state index >= 15 is 0 Å². The molecule has 6 nitrogen and oxygen atoms in total. The fourth-order valence-corrected chi connectivity index (χ4v) is 2.71. The molecule has 0 spiro atoms. The van der Waals surface area contributed by atoms with Gasteiger partial charge in [-0.15, -0.1) is 0 Å². The molecule has 0 aliphatic rings. The van der Waals surface area contributed by atoms with Gasteiger partial charge in [0.25, 0.3) is 5.91 Å². The number of rotatable bonds is 7. The quantitative estimate of drug-likeness (QED) is 0.480. The van der Waals surface area contributed by atoms with E-state index < -0.39 is 5.91 Å². The molecule has 1 amide bonds. The molecule has 2 N–H and O–H groups in total. The van der Waals surface area contributed by atoms with Crippen LogP contribution in [0.1, 0.15) is 41.9 Å². The monoisotopic (exact) mass is 387 g/mol. The third-order valence-corrected chi connectivity index (χ3v) is 4.05. The Balaban J connectivity index is 0.00000136. The van der Waals surface area contributed by atoms with Crippen molar-refractivity contribution in [1.29, 1.82) is 0 Å². The zero-order valence-electron chi connectivity index (χ0n) is 16.4. The standard InChI is InChI=1S/C19H20FN3O3.C2H6/c1-13-3-4-15(16(20)9-13)12-23-17(19(25)22-26-8-2-7-24)10-14-5-6-21-11-18(14)23;1-2/h3-6,9-11,24H,2,7-8,12H2,1H3,(H,22,25);1-2H3. The molecule has 0 aliphatic heterocycles. The molecule has 0 fully saturated rings. The lowest BCUT2D eigenvalue weighted by atomic mass is 10.1. The van der Waals surface area contributed by atoms with E-state index in [1.807, 2.05) is 26.8 Å². The summed E-state index contributed by atoms with van der Waals surface area (Å²) in [5, 5.41) is 9.59. The molecule has 28 heavy (non-hydrogen) atoms. The highest BCUT2D eigenvalue weighted by Gasteiger charge is 2.17. The van der Waals surface area contributed by atoms with E-state index in [1.165, 1.54) is 6.07 Å². The highest BCUT2D eigenvalue weighted by molar-refractivity contribution is 5.98. The number of halogens is 1. The van der Waals surface area contributed by atoms with Gasteiger partial charge in [0.05, 0.1) is 24.9 Å². The van der Waals surface area contributed by atoms with Crippen LogP contribution in [0.5, 0.6) is 0 Å². The number of aliphatic hydroxyl groups is 1. The molecule has 0 aliphatic carbocycles. The Morgan fingerprint density at radius 3 is 2.79 bits per heavy atom. The topological polar surface area (TPSA) is 76.4 Å². The molecule has 0 unspecified atom stereocenters. The largest absolute Gasteiger partial charge is 0.396 e. The second-order valence-corrected chi connectivity index (χ2v) is 6.00. The lowest BCUT2D eigenvalue weighted by Gasteiger charge is -2.12. The first-order chi connectivity index (χ1) is 13.6. The molecule has 1 aromatic carbocycles. The van der Waals surface area contributed by atoms with Crippen LogP contribution in [0.3, 0.4) is 0 Å². The van der Waals surface area contributed by atoms with E-state index in [9.17, 15) is 9.18 Å². The number of nitrogens with zero attached hydrogens (tertiary/aromatic N) is 2. The second-order valence-electron chi connectivity index (χ2n) is 6.00. The molecule has 0 atom stereocenters. The van der Waals surface area contributed by atoms with Gasteiger partial charge >= 0.3 is 0 Å². The summed E-state index contributed by atoms with van der Waals surface area (Å²) in [4.78, 5) is 21.7. The smallest absolute Gasteiger partial charge is 0.291 e. The first-order valence-corrected chi connectivity index (χ1v) is 9.31. The molecule has 0 bridgehead atoms. The van der Waals surface area contributed by atoms with Gasteiger partial charge in [-0.25, -0.2) is 9.87 Å². The van der Waals surface area contributed by atoms with Crippen LogP contribution in [0.15, 0.2) is 42.7 Å². The summed E-state index contributed by atoms with van der Waals surface area (Å²) >= 11 is 0. The van der Waals surface area contributed by atoms with Crippen LogP contribution in [0, 0.1) is 12.7 Å². The first-order valence-electron chi connectivity index (χ1n) is 9.31. The van der Waals surface area contributed by atoms with Crippen LogP contribution >= 0.6 is 0 Å². The van der Waals surface area contributed by atoms with Gasteiger partial charge in [-0.3, -0.25) is 14.6 Å². The van der Waals surface area contributed by atoms with E-state index in [1.54, 1.807) is 35.2 Å². The lowest BCUT2D eigenvalue weighted by Crippen LogP contribution is -2.27. The Kier molecular flexibility index (Phi) is 8.10. The molecule has 150 valence electrons. The molecule has 0 saturated carbocycles. The van der Waals surface area contributed by atoms with Gasteiger partial charge in [0, 0.05) is 23.8 Å². The van der Waals surface area contributed by atoms with Crippen molar-refractivity contribution in [2.45, 2.75) is 33.7 Å². The van der Waals surface area contributed by atoms with Gasteiger partial charge in [-0.05, 0) is 37.1 Å². The number of hydrogen-bond donors (Lipinski definition) is 2. The number of aliphatic hydroxyl groups excluding tert-OH is 1. The molecular formula is C21H26FN3O3. The predicted molar refractivity (Wildman–Crippen MR) is 106 cm³/mol. The Labute approximate surface area is 163 Å². The SMILES string of the molecule is CC.Cc1ccc(Cn2c(C(=O)NOCCCO)cc3ccncc32)c(F)c1. The molecular weight excluding hydrogens is 361 g/mol. The Hall–Kier alpha value is -2.77. The van der Waals surface area contributed by atoms with E-state index in [2.05, 4.69) is 10.5 Å². The zero-order chi connectivity index (χ0) is 20.5. The summed E-state index contributed by atoms with van der Waals surface area (Å²) in [6.07, 6.45) is 3.70. The number of carbonyl (C=O) groups excluding carboxylic acids is 1. The van der Waals surface area contributed by atoms with Crippen molar-refractivity contribution >= 4 is 16.8 Å². The summed E-state index contributed by atoms with van der Waals surface area (Å²) in [5.74, 6) is -0.757. The lowest BCUT2D eigenvalue weighted by molar-refractivity contribution is 0.0255. The third kappa shape index (κ3) is 5.15. The number of carbonyl (C=O) groups is 1. The van der Waals surface area contributed by atoms with Crippen molar-refractivity contribution < 1.29 is 19.1 Å². The third-order valence-electron chi connectivity index (χ3n) is 4.05. The van der Waals surface area contributed by atoms with Crippen LogP contribution in [0.2, 0.25) is 0 Å². The number of aryl methyl sites for hydroxylation is 1. The Morgan fingerprint density at radius 2 is 2.07 bits per heavy atom. The molecule has 7 heteroatoms. The number of hydroxylamine groups is 1. The summed E-state index contributed by atoms with van der Waals surface area (Å²) in [7, 11) is 0. The van der Waals surface area contributed by atoms with Crippen molar-refractivity contribution in [2.24, 2.45) is 0 Å². The minimum atomic E-state index is -0.438. The minimum absolute atomic E-state index is 0.0193. The summed E-state index contributed by atoms with van der Waals surface area (Å²) in [5.41, 5.74) is 4.75. The number of pyridine rings is 1. The highest BCUT2D eigenvalue weighted by Crippen LogP contribution is 2.22. The number of amides is 1. The predicted octanol–water partition coefficient (Wildman–Crippen LogP) is 3.60.